The molecule has 70 valence electrons. The van der Waals surface area contributed by atoms with E-state index < -0.39 is 5.34 Å². The molecule has 1 fully saturated rings. The Balaban J connectivity index is 2.15. The summed E-state index contributed by atoms with van der Waals surface area (Å²) < 4.78 is 0. The summed E-state index contributed by atoms with van der Waals surface area (Å²) in [6.45, 7) is 4.18. The second-order valence-corrected chi connectivity index (χ2v) is 4.36. The molecule has 0 aromatic carbocycles. The van der Waals surface area contributed by atoms with Gasteiger partial charge in [0.15, 0.2) is 0 Å². The third-order valence-corrected chi connectivity index (χ3v) is 3.11. The average molecular weight is 183 g/mol. The highest BCUT2D eigenvalue weighted by Crippen LogP contribution is 2.28. The van der Waals surface area contributed by atoms with Crippen LogP contribution in [0.25, 0.3) is 0 Å². The first-order valence-electron chi connectivity index (χ1n) is 5.34. The van der Waals surface area contributed by atoms with Crippen molar-refractivity contribution in [2.45, 2.75) is 25.1 Å². The highest BCUT2D eigenvalue weighted by molar-refractivity contribution is 6.42. The Morgan fingerprint density at radius 2 is 2.00 bits per heavy atom. The molecule has 1 heterocycles. The Morgan fingerprint density at radius 3 is 2.50 bits per heavy atom. The zero-order valence-electron chi connectivity index (χ0n) is 8.74. The fraction of sp³-hybridized carbons (Fsp3) is 0.636. The van der Waals surface area contributed by atoms with Crippen LogP contribution in [0.5, 0.6) is 0 Å². The SMILES string of the molecule is [B]C([B])(C1=CC(C)C=C1)N1CCCC1. The highest BCUT2D eigenvalue weighted by atomic mass is 15.2. The van der Waals surface area contributed by atoms with Crippen LogP contribution in [0.3, 0.4) is 0 Å². The predicted octanol–water partition coefficient (Wildman–Crippen LogP) is 1.21. The highest BCUT2D eigenvalue weighted by Gasteiger charge is 2.31. The number of hydrogen-bond donors (Lipinski definition) is 0. The van der Waals surface area contributed by atoms with Gasteiger partial charge in [-0.2, -0.15) is 0 Å². The molecule has 2 rings (SSSR count). The van der Waals surface area contributed by atoms with Gasteiger partial charge >= 0.3 is 0 Å². The molecule has 0 bridgehead atoms. The molecule has 0 aromatic heterocycles. The Labute approximate surface area is 89.1 Å². The molecule has 1 saturated heterocycles. The van der Waals surface area contributed by atoms with Gasteiger partial charge in [-0.3, -0.25) is 0 Å². The van der Waals surface area contributed by atoms with Crippen molar-refractivity contribution in [3.05, 3.63) is 23.8 Å². The zero-order chi connectivity index (χ0) is 10.2. The van der Waals surface area contributed by atoms with Crippen molar-refractivity contribution in [1.29, 1.82) is 0 Å². The topological polar surface area (TPSA) is 3.24 Å². The van der Waals surface area contributed by atoms with E-state index in [-0.39, 0.29) is 0 Å². The summed E-state index contributed by atoms with van der Waals surface area (Å²) in [7, 11) is 12.3. The van der Waals surface area contributed by atoms with Crippen LogP contribution in [0.15, 0.2) is 23.8 Å². The van der Waals surface area contributed by atoms with Gasteiger partial charge < -0.3 is 4.90 Å². The van der Waals surface area contributed by atoms with E-state index >= 15 is 0 Å². The van der Waals surface area contributed by atoms with Crippen LogP contribution in [0.1, 0.15) is 19.8 Å². The van der Waals surface area contributed by atoms with Gasteiger partial charge in [0.2, 0.25) is 0 Å². The molecular weight excluding hydrogens is 168 g/mol. The molecule has 3 heteroatoms. The Bertz CT molecular complexity index is 275. The predicted molar refractivity (Wildman–Crippen MR) is 61.4 cm³/mol. The van der Waals surface area contributed by atoms with Crippen molar-refractivity contribution < 1.29 is 0 Å². The first-order valence-corrected chi connectivity index (χ1v) is 5.34. The molecule has 1 aliphatic heterocycles. The van der Waals surface area contributed by atoms with Gasteiger partial charge in [-0.15, -0.1) is 0 Å². The standard InChI is InChI=1S/C11H15B2N/c1-9-4-5-10(8-9)11(12,13)14-6-2-3-7-14/h4-5,8-9H,2-3,6-7H2,1H3. The van der Waals surface area contributed by atoms with E-state index in [1.165, 1.54) is 12.8 Å². The van der Waals surface area contributed by atoms with Gasteiger partial charge in [-0.1, -0.05) is 25.2 Å². The molecule has 1 nitrogen and oxygen atoms in total. The summed E-state index contributed by atoms with van der Waals surface area (Å²) in [6.07, 6.45) is 8.77. The van der Waals surface area contributed by atoms with Crippen molar-refractivity contribution in [2.75, 3.05) is 13.1 Å². The summed E-state index contributed by atoms with van der Waals surface area (Å²) in [5, 5.41) is -0.752. The van der Waals surface area contributed by atoms with Gasteiger partial charge in [0, 0.05) is 0 Å². The maximum Gasteiger partial charge on any atom is 0.0887 e. The van der Waals surface area contributed by atoms with Crippen LogP contribution in [-0.4, -0.2) is 39.0 Å². The lowest BCUT2D eigenvalue weighted by Crippen LogP contribution is -2.49. The lowest BCUT2D eigenvalue weighted by Gasteiger charge is -2.37. The monoisotopic (exact) mass is 183 g/mol. The molecular formula is C11H15B2N. The number of allylic oxidation sites excluding steroid dienone is 2. The minimum Gasteiger partial charge on any atom is -0.310 e. The Morgan fingerprint density at radius 1 is 1.36 bits per heavy atom. The number of hydrogen-bond acceptors (Lipinski definition) is 1. The van der Waals surface area contributed by atoms with Crippen LogP contribution in [0, 0.1) is 5.92 Å². The first kappa shape index (κ1) is 10.1. The van der Waals surface area contributed by atoms with Crippen molar-refractivity contribution in [3.63, 3.8) is 0 Å². The fourth-order valence-electron chi connectivity index (χ4n) is 2.19. The smallest absolute Gasteiger partial charge is 0.0887 e. The van der Waals surface area contributed by atoms with Crippen LogP contribution in [-0.2, 0) is 0 Å². The lowest BCUT2D eigenvalue weighted by molar-refractivity contribution is 0.309. The van der Waals surface area contributed by atoms with Crippen molar-refractivity contribution in [1.82, 2.24) is 4.90 Å². The van der Waals surface area contributed by atoms with Crippen LogP contribution >= 0.6 is 0 Å². The Kier molecular flexibility index (Phi) is 2.61. The maximum absolute atomic E-state index is 6.17. The van der Waals surface area contributed by atoms with Crippen molar-refractivity contribution >= 4 is 15.7 Å². The number of likely N-dealkylation sites (tertiary alicyclic amines) is 1. The van der Waals surface area contributed by atoms with E-state index in [0.717, 1.165) is 18.7 Å². The molecule has 1 aliphatic carbocycles. The summed E-state index contributed by atoms with van der Waals surface area (Å²) in [5.74, 6) is 0.471. The molecule has 0 N–H and O–H groups in total. The molecule has 1 unspecified atom stereocenters. The number of rotatable bonds is 2. The van der Waals surface area contributed by atoms with Gasteiger partial charge in [-0.05, 0) is 42.8 Å². The van der Waals surface area contributed by atoms with Crippen LogP contribution in [0.4, 0.5) is 0 Å². The third-order valence-electron chi connectivity index (χ3n) is 3.11. The molecule has 4 radical (unpaired) electrons. The molecule has 14 heavy (non-hydrogen) atoms. The summed E-state index contributed by atoms with van der Waals surface area (Å²) >= 11 is 0. The molecule has 1 atom stereocenters. The molecule has 0 spiro atoms. The average Bonchev–Trinajstić information content (AvgIpc) is 2.72. The molecule has 0 aromatic rings. The van der Waals surface area contributed by atoms with Gasteiger partial charge in [-0.25, -0.2) is 0 Å². The van der Waals surface area contributed by atoms with E-state index in [9.17, 15) is 0 Å². The third kappa shape index (κ3) is 1.70. The Hall–Kier alpha value is -0.430. The quantitative estimate of drug-likeness (QED) is 0.581. The van der Waals surface area contributed by atoms with Gasteiger partial charge in [0.1, 0.15) is 0 Å². The summed E-state index contributed by atoms with van der Waals surface area (Å²) in [4.78, 5) is 2.17. The van der Waals surface area contributed by atoms with E-state index in [4.69, 9.17) is 15.7 Å². The van der Waals surface area contributed by atoms with E-state index in [1.54, 1.807) is 0 Å². The van der Waals surface area contributed by atoms with E-state index in [2.05, 4.69) is 30.1 Å². The minimum atomic E-state index is -0.752. The summed E-state index contributed by atoms with van der Waals surface area (Å²) in [5.41, 5.74) is 1.06. The molecule has 0 amide bonds. The largest absolute Gasteiger partial charge is 0.310 e. The molecule has 0 saturated carbocycles. The zero-order valence-corrected chi connectivity index (χ0v) is 8.74. The van der Waals surface area contributed by atoms with Crippen molar-refractivity contribution in [2.24, 2.45) is 5.92 Å². The normalized spacial score (nSPS) is 28.4. The van der Waals surface area contributed by atoms with E-state index in [1.807, 2.05) is 0 Å². The fourth-order valence-corrected chi connectivity index (χ4v) is 2.19. The summed E-state index contributed by atoms with van der Waals surface area (Å²) in [6, 6.07) is 0. The van der Waals surface area contributed by atoms with Gasteiger partial charge in [0.05, 0.1) is 15.7 Å². The number of nitrogens with zero attached hydrogens (tertiary/aromatic N) is 1. The minimum absolute atomic E-state index is 0.471. The second kappa shape index (κ2) is 3.62. The van der Waals surface area contributed by atoms with Crippen LogP contribution in [0.2, 0.25) is 0 Å². The van der Waals surface area contributed by atoms with E-state index in [0.29, 0.717) is 5.92 Å². The molecule has 2 aliphatic rings. The second-order valence-electron chi connectivity index (χ2n) is 4.36. The maximum atomic E-state index is 6.17. The van der Waals surface area contributed by atoms with Crippen molar-refractivity contribution in [3.8, 4) is 0 Å². The first-order chi connectivity index (χ1) is 6.60. The lowest BCUT2D eigenvalue weighted by atomic mass is 9.56. The van der Waals surface area contributed by atoms with Gasteiger partial charge in [0.25, 0.3) is 0 Å². The van der Waals surface area contributed by atoms with Crippen LogP contribution < -0.4 is 0 Å².